The van der Waals surface area contributed by atoms with Crippen molar-refractivity contribution in [3.8, 4) is 5.88 Å². The first kappa shape index (κ1) is 11.5. The zero-order chi connectivity index (χ0) is 11.8. The van der Waals surface area contributed by atoms with E-state index in [1.54, 1.807) is 13.4 Å². The van der Waals surface area contributed by atoms with Gasteiger partial charge in [0.05, 0.1) is 7.11 Å². The van der Waals surface area contributed by atoms with Crippen LogP contribution in [0.3, 0.4) is 0 Å². The van der Waals surface area contributed by atoms with Crippen molar-refractivity contribution in [2.45, 2.75) is 30.5 Å². The molecule has 0 bridgehead atoms. The largest absolute Gasteiger partial charge is 0.481 e. The average molecular weight is 297 g/mol. The smallest absolute Gasteiger partial charge is 0.216 e. The van der Waals surface area contributed by atoms with Crippen LogP contribution < -0.4 is 4.74 Å². The number of alkyl halides is 1. The van der Waals surface area contributed by atoms with Crippen LogP contribution in [0.5, 0.6) is 5.88 Å². The highest BCUT2D eigenvalue weighted by Gasteiger charge is 2.55. The minimum absolute atomic E-state index is 0.567. The number of ether oxygens (including phenoxy) is 1. The molecule has 1 aromatic rings. The third-order valence-electron chi connectivity index (χ3n) is 4.20. The van der Waals surface area contributed by atoms with Gasteiger partial charge in [-0.15, -0.1) is 0 Å². The van der Waals surface area contributed by atoms with Crippen molar-refractivity contribution in [3.05, 3.63) is 18.1 Å². The molecule has 3 unspecified atom stereocenters. The van der Waals surface area contributed by atoms with Crippen molar-refractivity contribution in [2.24, 2.45) is 17.8 Å². The van der Waals surface area contributed by atoms with Gasteiger partial charge in [-0.3, -0.25) is 0 Å². The summed E-state index contributed by atoms with van der Waals surface area (Å²) in [6.07, 6.45) is 6.88. The quantitative estimate of drug-likeness (QED) is 0.802. The minimum Gasteiger partial charge on any atom is -0.481 e. The van der Waals surface area contributed by atoms with Crippen molar-refractivity contribution in [3.63, 3.8) is 0 Å². The van der Waals surface area contributed by atoms with Gasteiger partial charge in [0.2, 0.25) is 5.88 Å². The number of nitrogens with zero attached hydrogens (tertiary/aromatic N) is 2. The zero-order valence-corrected chi connectivity index (χ0v) is 11.6. The molecule has 3 atom stereocenters. The number of aromatic nitrogens is 2. The standard InChI is InChI=1S/C13H17BrN2O/c1-17-12-6-8(15-7-16-12)5-11(14)13-9-3-2-4-10(9)13/h6-7,9-11,13H,2-5H2,1H3. The molecular weight excluding hydrogens is 280 g/mol. The van der Waals surface area contributed by atoms with E-state index in [2.05, 4.69) is 25.9 Å². The fourth-order valence-electron chi connectivity index (χ4n) is 3.35. The molecule has 17 heavy (non-hydrogen) atoms. The monoisotopic (exact) mass is 296 g/mol. The molecule has 2 saturated carbocycles. The van der Waals surface area contributed by atoms with Crippen LogP contribution in [-0.2, 0) is 6.42 Å². The van der Waals surface area contributed by atoms with E-state index < -0.39 is 0 Å². The number of rotatable bonds is 4. The van der Waals surface area contributed by atoms with Crippen LogP contribution in [0.4, 0.5) is 0 Å². The lowest BCUT2D eigenvalue weighted by molar-refractivity contribution is 0.395. The molecule has 0 N–H and O–H groups in total. The van der Waals surface area contributed by atoms with Crippen LogP contribution in [-0.4, -0.2) is 21.9 Å². The van der Waals surface area contributed by atoms with E-state index in [4.69, 9.17) is 4.74 Å². The molecule has 2 fully saturated rings. The van der Waals surface area contributed by atoms with Gasteiger partial charge in [0.25, 0.3) is 0 Å². The Morgan fingerprint density at radius 1 is 1.41 bits per heavy atom. The van der Waals surface area contributed by atoms with E-state index in [0.29, 0.717) is 10.7 Å². The second-order valence-electron chi connectivity index (χ2n) is 5.11. The van der Waals surface area contributed by atoms with Gasteiger partial charge in [0.15, 0.2) is 0 Å². The highest BCUT2D eigenvalue weighted by molar-refractivity contribution is 9.09. The van der Waals surface area contributed by atoms with Crippen molar-refractivity contribution in [2.75, 3.05) is 7.11 Å². The number of hydrogen-bond acceptors (Lipinski definition) is 3. The lowest BCUT2D eigenvalue weighted by atomic mass is 10.1. The second-order valence-corrected chi connectivity index (χ2v) is 6.28. The topological polar surface area (TPSA) is 35.0 Å². The lowest BCUT2D eigenvalue weighted by Gasteiger charge is -2.11. The number of hydrogen-bond donors (Lipinski definition) is 0. The fourth-order valence-corrected chi connectivity index (χ4v) is 4.47. The number of fused-ring (bicyclic) bond motifs is 1. The van der Waals surface area contributed by atoms with Gasteiger partial charge in [-0.25, -0.2) is 9.97 Å². The molecule has 0 amide bonds. The van der Waals surface area contributed by atoms with Gasteiger partial charge in [0.1, 0.15) is 6.33 Å². The molecule has 2 aliphatic rings. The first-order chi connectivity index (χ1) is 8.29. The molecule has 0 aliphatic heterocycles. The van der Waals surface area contributed by atoms with Crippen molar-refractivity contribution in [1.82, 2.24) is 9.97 Å². The summed E-state index contributed by atoms with van der Waals surface area (Å²) in [4.78, 5) is 8.91. The maximum absolute atomic E-state index is 5.12. The summed E-state index contributed by atoms with van der Waals surface area (Å²) in [5, 5.41) is 0. The summed E-state index contributed by atoms with van der Waals surface area (Å²) in [6, 6.07) is 1.94. The third-order valence-corrected chi connectivity index (χ3v) is 5.14. The Bertz CT molecular complexity index is 402. The normalized spacial score (nSPS) is 32.0. The molecule has 0 spiro atoms. The molecule has 4 heteroatoms. The maximum atomic E-state index is 5.12. The predicted octanol–water partition coefficient (Wildman–Crippen LogP) is 2.84. The van der Waals surface area contributed by atoms with Crippen molar-refractivity contribution >= 4 is 15.9 Å². The number of methoxy groups -OCH3 is 1. The lowest BCUT2D eigenvalue weighted by Crippen LogP contribution is -2.10. The molecular formula is C13H17BrN2O. The van der Waals surface area contributed by atoms with Crippen LogP contribution in [0.2, 0.25) is 0 Å². The summed E-state index contributed by atoms with van der Waals surface area (Å²) in [6.45, 7) is 0. The van der Waals surface area contributed by atoms with Crippen LogP contribution in [0.25, 0.3) is 0 Å². The molecule has 3 rings (SSSR count). The molecule has 3 nitrogen and oxygen atoms in total. The Kier molecular flexibility index (Phi) is 3.07. The number of halogens is 1. The Labute approximate surface area is 110 Å². The van der Waals surface area contributed by atoms with Crippen LogP contribution in [0.15, 0.2) is 12.4 Å². The summed E-state index contributed by atoms with van der Waals surface area (Å²) in [5.41, 5.74) is 1.07. The summed E-state index contributed by atoms with van der Waals surface area (Å²) >= 11 is 3.84. The van der Waals surface area contributed by atoms with E-state index in [0.717, 1.165) is 29.9 Å². The molecule has 0 aromatic carbocycles. The van der Waals surface area contributed by atoms with E-state index in [-0.39, 0.29) is 0 Å². The SMILES string of the molecule is COc1cc(CC(Br)C2C3CCCC32)ncn1. The van der Waals surface area contributed by atoms with Gasteiger partial charge in [-0.1, -0.05) is 22.4 Å². The molecule has 0 radical (unpaired) electrons. The third kappa shape index (κ3) is 2.19. The van der Waals surface area contributed by atoms with E-state index in [1.807, 2.05) is 6.07 Å². The Morgan fingerprint density at radius 3 is 2.88 bits per heavy atom. The average Bonchev–Trinajstić information content (AvgIpc) is 2.84. The van der Waals surface area contributed by atoms with Crippen molar-refractivity contribution in [1.29, 1.82) is 0 Å². The van der Waals surface area contributed by atoms with Crippen LogP contribution >= 0.6 is 15.9 Å². The Hall–Kier alpha value is -0.640. The van der Waals surface area contributed by atoms with Gasteiger partial charge >= 0.3 is 0 Å². The summed E-state index contributed by atoms with van der Waals surface area (Å²) < 4.78 is 5.12. The Balaban J connectivity index is 1.62. The van der Waals surface area contributed by atoms with E-state index in [1.165, 1.54) is 19.3 Å². The molecule has 2 aliphatic carbocycles. The predicted molar refractivity (Wildman–Crippen MR) is 69.3 cm³/mol. The molecule has 0 saturated heterocycles. The first-order valence-electron chi connectivity index (χ1n) is 6.28. The molecule has 1 heterocycles. The van der Waals surface area contributed by atoms with Gasteiger partial charge in [-0.05, 0) is 30.6 Å². The highest BCUT2D eigenvalue weighted by Crippen LogP contribution is 2.60. The van der Waals surface area contributed by atoms with Gasteiger partial charge in [0, 0.05) is 23.0 Å². The summed E-state index contributed by atoms with van der Waals surface area (Å²) in [5.74, 6) is 3.52. The molecule has 92 valence electrons. The van der Waals surface area contributed by atoms with Crippen LogP contribution in [0.1, 0.15) is 25.0 Å². The van der Waals surface area contributed by atoms with E-state index >= 15 is 0 Å². The zero-order valence-electron chi connectivity index (χ0n) is 9.97. The van der Waals surface area contributed by atoms with Crippen LogP contribution in [0, 0.1) is 17.8 Å². The highest BCUT2D eigenvalue weighted by atomic mass is 79.9. The second kappa shape index (κ2) is 4.56. The fraction of sp³-hybridized carbons (Fsp3) is 0.692. The van der Waals surface area contributed by atoms with E-state index in [9.17, 15) is 0 Å². The van der Waals surface area contributed by atoms with Gasteiger partial charge in [-0.2, -0.15) is 0 Å². The Morgan fingerprint density at radius 2 is 2.18 bits per heavy atom. The maximum Gasteiger partial charge on any atom is 0.216 e. The minimum atomic E-state index is 0.567. The van der Waals surface area contributed by atoms with Crippen molar-refractivity contribution < 1.29 is 4.74 Å². The molecule has 1 aromatic heterocycles. The van der Waals surface area contributed by atoms with Gasteiger partial charge < -0.3 is 4.74 Å². The summed E-state index contributed by atoms with van der Waals surface area (Å²) in [7, 11) is 1.64. The first-order valence-corrected chi connectivity index (χ1v) is 7.20.